The molecule has 1 amide bonds. The van der Waals surface area contributed by atoms with Crippen LogP contribution in [0.25, 0.3) is 11.3 Å². The van der Waals surface area contributed by atoms with E-state index in [1.54, 1.807) is 17.3 Å². The van der Waals surface area contributed by atoms with Crippen LogP contribution in [0, 0.1) is 0 Å². The molecule has 4 rings (SSSR count). The summed E-state index contributed by atoms with van der Waals surface area (Å²) in [6.07, 6.45) is 5.03. The molecule has 1 atom stereocenters. The van der Waals surface area contributed by atoms with Crippen molar-refractivity contribution in [2.24, 2.45) is 0 Å². The van der Waals surface area contributed by atoms with Crippen molar-refractivity contribution >= 4 is 17.6 Å². The molecule has 1 aromatic carbocycles. The fourth-order valence-electron chi connectivity index (χ4n) is 3.73. The van der Waals surface area contributed by atoms with Gasteiger partial charge in [-0.05, 0) is 57.9 Å². The number of hydrogen-bond donors (Lipinski definition) is 1. The molecule has 0 saturated carbocycles. The molecule has 0 radical (unpaired) electrons. The quantitative estimate of drug-likeness (QED) is 0.596. The zero-order chi connectivity index (χ0) is 22.6. The van der Waals surface area contributed by atoms with Crippen LogP contribution in [-0.4, -0.2) is 44.6 Å². The van der Waals surface area contributed by atoms with Crippen molar-refractivity contribution in [3.05, 3.63) is 66.7 Å². The highest BCUT2D eigenvalue weighted by molar-refractivity contribution is 5.68. The topological polar surface area (TPSA) is 80.2 Å². The van der Waals surface area contributed by atoms with Gasteiger partial charge >= 0.3 is 6.09 Å². The third-order valence-corrected chi connectivity index (χ3v) is 5.20. The van der Waals surface area contributed by atoms with Crippen LogP contribution >= 0.6 is 0 Å². The van der Waals surface area contributed by atoms with Crippen LogP contribution in [0.1, 0.15) is 45.4 Å². The van der Waals surface area contributed by atoms with E-state index in [1.807, 2.05) is 69.3 Å². The van der Waals surface area contributed by atoms with Gasteiger partial charge in [-0.1, -0.05) is 18.2 Å². The highest BCUT2D eigenvalue weighted by atomic mass is 16.6. The standard InChI is InChI=1S/C25H29N5O2/c1-25(2,3)32-24(31)30-15-7-8-19(17-30)23-28-21(18-11-13-26-14-12-18)16-22(29-23)27-20-9-5-4-6-10-20/h4-6,9-14,16,19H,7-8,15,17H2,1-3H3,(H,27,28,29)/t19-/m1/s1. The zero-order valence-corrected chi connectivity index (χ0v) is 18.8. The molecule has 1 N–H and O–H groups in total. The fourth-order valence-corrected chi connectivity index (χ4v) is 3.73. The van der Waals surface area contributed by atoms with Gasteiger partial charge < -0.3 is 15.0 Å². The van der Waals surface area contributed by atoms with Crippen molar-refractivity contribution in [1.82, 2.24) is 19.9 Å². The van der Waals surface area contributed by atoms with Crippen LogP contribution in [0.2, 0.25) is 0 Å². The van der Waals surface area contributed by atoms with E-state index in [4.69, 9.17) is 14.7 Å². The summed E-state index contributed by atoms with van der Waals surface area (Å²) in [5.41, 5.74) is 2.23. The molecule has 0 aliphatic carbocycles. The number of anilines is 2. The number of carbonyl (C=O) groups is 1. The lowest BCUT2D eigenvalue weighted by Gasteiger charge is -2.33. The second-order valence-electron chi connectivity index (χ2n) is 8.99. The maximum Gasteiger partial charge on any atom is 0.410 e. The third-order valence-electron chi connectivity index (χ3n) is 5.20. The molecule has 7 nitrogen and oxygen atoms in total. The Kier molecular flexibility index (Phi) is 6.35. The van der Waals surface area contributed by atoms with E-state index >= 15 is 0 Å². The number of para-hydroxylation sites is 1. The average molecular weight is 432 g/mol. The molecule has 0 bridgehead atoms. The molecule has 1 aliphatic rings. The maximum atomic E-state index is 12.6. The lowest BCUT2D eigenvalue weighted by atomic mass is 9.97. The number of hydrogen-bond acceptors (Lipinski definition) is 6. The van der Waals surface area contributed by atoms with Crippen molar-refractivity contribution < 1.29 is 9.53 Å². The monoisotopic (exact) mass is 431 g/mol. The number of ether oxygens (including phenoxy) is 1. The third kappa shape index (κ3) is 5.60. The SMILES string of the molecule is CC(C)(C)OC(=O)N1CCC[C@@H](c2nc(Nc3ccccc3)cc(-c3ccncc3)n2)C1. The first kappa shape index (κ1) is 21.7. The van der Waals surface area contributed by atoms with E-state index in [0.29, 0.717) is 13.1 Å². The summed E-state index contributed by atoms with van der Waals surface area (Å²) >= 11 is 0. The molecule has 0 spiro atoms. The van der Waals surface area contributed by atoms with Gasteiger partial charge in [0.05, 0.1) is 5.69 Å². The van der Waals surface area contributed by atoms with Gasteiger partial charge in [0.25, 0.3) is 0 Å². The van der Waals surface area contributed by atoms with Crippen LogP contribution in [0.3, 0.4) is 0 Å². The summed E-state index contributed by atoms with van der Waals surface area (Å²) < 4.78 is 5.58. The number of nitrogens with one attached hydrogen (secondary N) is 1. The van der Waals surface area contributed by atoms with Crippen LogP contribution in [0.15, 0.2) is 60.9 Å². The Morgan fingerprint density at radius 1 is 1.09 bits per heavy atom. The molecule has 1 saturated heterocycles. The number of nitrogens with zero attached hydrogens (tertiary/aromatic N) is 4. The number of carbonyl (C=O) groups excluding carboxylic acids is 1. The molecule has 32 heavy (non-hydrogen) atoms. The summed E-state index contributed by atoms with van der Waals surface area (Å²) in [6, 6.07) is 15.8. The number of piperidine rings is 1. The van der Waals surface area contributed by atoms with Crippen molar-refractivity contribution in [3.8, 4) is 11.3 Å². The van der Waals surface area contributed by atoms with E-state index in [1.165, 1.54) is 0 Å². The Balaban J connectivity index is 1.63. The Labute approximate surface area is 188 Å². The summed E-state index contributed by atoms with van der Waals surface area (Å²) in [6.45, 7) is 6.88. The van der Waals surface area contributed by atoms with Gasteiger partial charge in [0.1, 0.15) is 17.2 Å². The molecule has 1 aliphatic heterocycles. The van der Waals surface area contributed by atoms with Crippen LogP contribution in [0.4, 0.5) is 16.3 Å². The minimum Gasteiger partial charge on any atom is -0.444 e. The van der Waals surface area contributed by atoms with Crippen LogP contribution < -0.4 is 5.32 Å². The number of pyridine rings is 1. The number of likely N-dealkylation sites (tertiary alicyclic amines) is 1. The van der Waals surface area contributed by atoms with E-state index in [0.717, 1.165) is 41.4 Å². The minimum atomic E-state index is -0.519. The zero-order valence-electron chi connectivity index (χ0n) is 18.8. The Hall–Kier alpha value is -3.48. The fraction of sp³-hybridized carbons (Fsp3) is 0.360. The van der Waals surface area contributed by atoms with Gasteiger partial charge in [0.2, 0.25) is 0 Å². The Morgan fingerprint density at radius 2 is 1.84 bits per heavy atom. The van der Waals surface area contributed by atoms with Gasteiger partial charge in [-0.15, -0.1) is 0 Å². The molecule has 0 unspecified atom stereocenters. The van der Waals surface area contributed by atoms with Crippen molar-refractivity contribution in [1.29, 1.82) is 0 Å². The highest BCUT2D eigenvalue weighted by Crippen LogP contribution is 2.29. The van der Waals surface area contributed by atoms with Crippen molar-refractivity contribution in [2.45, 2.75) is 45.1 Å². The molecule has 2 aromatic heterocycles. The first-order valence-corrected chi connectivity index (χ1v) is 11.0. The number of aromatic nitrogens is 3. The molecule has 3 heterocycles. The van der Waals surface area contributed by atoms with Gasteiger partial charge in [0.15, 0.2) is 0 Å². The largest absolute Gasteiger partial charge is 0.444 e. The first-order chi connectivity index (χ1) is 15.4. The second kappa shape index (κ2) is 9.34. The maximum absolute atomic E-state index is 12.6. The average Bonchev–Trinajstić information content (AvgIpc) is 2.79. The Morgan fingerprint density at radius 3 is 2.56 bits per heavy atom. The molecular weight excluding hydrogens is 402 g/mol. The van der Waals surface area contributed by atoms with Crippen LogP contribution in [-0.2, 0) is 4.74 Å². The summed E-state index contributed by atoms with van der Waals surface area (Å²) in [5, 5.41) is 3.39. The first-order valence-electron chi connectivity index (χ1n) is 11.0. The smallest absolute Gasteiger partial charge is 0.410 e. The lowest BCUT2D eigenvalue weighted by Crippen LogP contribution is -2.42. The van der Waals surface area contributed by atoms with Crippen molar-refractivity contribution in [3.63, 3.8) is 0 Å². The molecule has 166 valence electrons. The molecular formula is C25H29N5O2. The van der Waals surface area contributed by atoms with Gasteiger partial charge in [0, 0.05) is 48.7 Å². The van der Waals surface area contributed by atoms with Gasteiger partial charge in [-0.3, -0.25) is 4.98 Å². The summed E-state index contributed by atoms with van der Waals surface area (Å²) in [7, 11) is 0. The number of rotatable bonds is 4. The van der Waals surface area contributed by atoms with E-state index in [9.17, 15) is 4.79 Å². The molecule has 3 aromatic rings. The lowest BCUT2D eigenvalue weighted by molar-refractivity contribution is 0.0196. The van der Waals surface area contributed by atoms with Gasteiger partial charge in [-0.25, -0.2) is 14.8 Å². The van der Waals surface area contributed by atoms with Gasteiger partial charge in [-0.2, -0.15) is 0 Å². The number of amides is 1. The predicted molar refractivity (Wildman–Crippen MR) is 125 cm³/mol. The Bertz CT molecular complexity index is 1050. The summed E-state index contributed by atoms with van der Waals surface area (Å²) in [4.78, 5) is 28.2. The normalized spacial score (nSPS) is 16.5. The van der Waals surface area contributed by atoms with E-state index in [2.05, 4.69) is 10.3 Å². The molecule has 7 heteroatoms. The summed E-state index contributed by atoms with van der Waals surface area (Å²) in [5.74, 6) is 1.49. The minimum absolute atomic E-state index is 0.0365. The molecule has 1 fully saturated rings. The van der Waals surface area contributed by atoms with Crippen LogP contribution in [0.5, 0.6) is 0 Å². The number of benzene rings is 1. The van der Waals surface area contributed by atoms with E-state index < -0.39 is 5.60 Å². The predicted octanol–water partition coefficient (Wildman–Crippen LogP) is 5.40. The van der Waals surface area contributed by atoms with E-state index in [-0.39, 0.29) is 12.0 Å². The second-order valence-corrected chi connectivity index (χ2v) is 8.99. The highest BCUT2D eigenvalue weighted by Gasteiger charge is 2.30. The van der Waals surface area contributed by atoms with Crippen molar-refractivity contribution in [2.75, 3.05) is 18.4 Å².